The maximum atomic E-state index is 10.3. The van der Waals surface area contributed by atoms with Gasteiger partial charge in [0.1, 0.15) is 0 Å². The maximum Gasteiger partial charge on any atom is 0.247 e. The van der Waals surface area contributed by atoms with E-state index in [0.29, 0.717) is 0 Å². The molecule has 0 unspecified atom stereocenters. The first-order valence-corrected chi connectivity index (χ1v) is 2.14. The first-order valence-electron chi connectivity index (χ1n) is 2.14. The van der Waals surface area contributed by atoms with Crippen LogP contribution in [0.25, 0.3) is 0 Å². The van der Waals surface area contributed by atoms with Crippen molar-refractivity contribution in [3.8, 4) is 0 Å². The molecular weight excluding hydrogens is 108 g/mol. The van der Waals surface area contributed by atoms with E-state index in [9.17, 15) is 9.59 Å². The van der Waals surface area contributed by atoms with Crippen LogP contribution in [0.15, 0.2) is 5.10 Å². The van der Waals surface area contributed by atoms with Crippen LogP contribution in [-0.4, -0.2) is 17.9 Å². The van der Waals surface area contributed by atoms with Gasteiger partial charge in [-0.3, -0.25) is 9.59 Å². The minimum Gasteiger partial charge on any atom is -0.292 e. The molecule has 1 rings (SSSR count). The van der Waals surface area contributed by atoms with Gasteiger partial charge in [0.2, 0.25) is 5.91 Å². The van der Waals surface area contributed by atoms with Gasteiger partial charge in [0.15, 0.2) is 5.78 Å². The van der Waals surface area contributed by atoms with Gasteiger partial charge in [0.05, 0.1) is 12.6 Å². The maximum absolute atomic E-state index is 10.3. The third-order valence-electron chi connectivity index (χ3n) is 0.733. The lowest BCUT2D eigenvalue weighted by Gasteiger charge is -1.99. The van der Waals surface area contributed by atoms with Crippen LogP contribution in [0.4, 0.5) is 0 Å². The summed E-state index contributed by atoms with van der Waals surface area (Å²) in [6.45, 7) is 0. The number of hydrogen-bond donors (Lipinski definition) is 1. The molecule has 1 heterocycles. The van der Waals surface area contributed by atoms with Crippen molar-refractivity contribution >= 4 is 17.9 Å². The Labute approximate surface area is 45.6 Å². The number of carbonyl (C=O) groups is 2. The third-order valence-corrected chi connectivity index (χ3v) is 0.733. The van der Waals surface area contributed by atoms with Crippen LogP contribution in [0.2, 0.25) is 0 Å². The molecule has 1 aliphatic heterocycles. The predicted octanol–water partition coefficient (Wildman–Crippen LogP) is -0.939. The van der Waals surface area contributed by atoms with Crippen molar-refractivity contribution in [1.82, 2.24) is 5.43 Å². The molecule has 0 aromatic carbocycles. The first kappa shape index (κ1) is 4.96. The van der Waals surface area contributed by atoms with Gasteiger partial charge >= 0.3 is 0 Å². The normalized spacial score (nSPS) is 18.5. The fourth-order valence-corrected chi connectivity index (χ4v) is 0.420. The number of Topliss-reactive ketones (excluding diaryl/α,β-unsaturated/α-hetero) is 1. The van der Waals surface area contributed by atoms with Crippen molar-refractivity contribution < 1.29 is 9.59 Å². The molecule has 0 aromatic heterocycles. The minimum absolute atomic E-state index is 0.0660. The molecule has 1 N–H and O–H groups in total. The van der Waals surface area contributed by atoms with Gasteiger partial charge in [-0.1, -0.05) is 0 Å². The lowest BCUT2D eigenvalue weighted by Crippen LogP contribution is -2.26. The van der Waals surface area contributed by atoms with Gasteiger partial charge in [-0.15, -0.1) is 0 Å². The van der Waals surface area contributed by atoms with Crippen LogP contribution in [0.1, 0.15) is 6.42 Å². The second-order valence-corrected chi connectivity index (χ2v) is 1.44. The van der Waals surface area contributed by atoms with Crippen LogP contribution in [-0.2, 0) is 9.59 Å². The predicted molar refractivity (Wildman–Crippen MR) is 26.3 cm³/mol. The highest BCUT2D eigenvalue weighted by Crippen LogP contribution is 1.84. The monoisotopic (exact) mass is 112 g/mol. The van der Waals surface area contributed by atoms with Crippen molar-refractivity contribution in [2.45, 2.75) is 6.42 Å². The van der Waals surface area contributed by atoms with Crippen LogP contribution >= 0.6 is 0 Å². The summed E-state index contributed by atoms with van der Waals surface area (Å²) in [4.78, 5) is 20.5. The molecule has 0 saturated carbocycles. The Morgan fingerprint density at radius 3 is 2.75 bits per heavy atom. The summed E-state index contributed by atoms with van der Waals surface area (Å²) in [6, 6.07) is 0. The van der Waals surface area contributed by atoms with Crippen LogP contribution < -0.4 is 5.43 Å². The Kier molecular flexibility index (Phi) is 1.07. The van der Waals surface area contributed by atoms with E-state index in [4.69, 9.17) is 0 Å². The standard InChI is InChI=1S/C4H4N2O2/c7-3-1-4(8)6-5-2-3/h2H,1H2,(H,6,8). The third kappa shape index (κ3) is 0.900. The Morgan fingerprint density at radius 1 is 1.62 bits per heavy atom. The van der Waals surface area contributed by atoms with Gasteiger partial charge in [0.25, 0.3) is 0 Å². The number of carbonyl (C=O) groups excluding carboxylic acids is 2. The molecule has 0 saturated heterocycles. The number of amides is 1. The molecule has 1 aliphatic rings. The van der Waals surface area contributed by atoms with Crippen LogP contribution in [0.3, 0.4) is 0 Å². The van der Waals surface area contributed by atoms with Crippen LogP contribution in [0, 0.1) is 0 Å². The quantitative estimate of drug-likeness (QED) is 0.411. The van der Waals surface area contributed by atoms with Crippen molar-refractivity contribution in [3.05, 3.63) is 0 Å². The molecule has 0 radical (unpaired) electrons. The molecule has 0 aromatic rings. The lowest BCUT2D eigenvalue weighted by molar-refractivity contribution is -0.126. The average Bonchev–Trinajstić information content (AvgIpc) is 1.64. The van der Waals surface area contributed by atoms with E-state index in [-0.39, 0.29) is 18.1 Å². The Bertz CT molecular complexity index is 161. The molecule has 0 spiro atoms. The lowest BCUT2D eigenvalue weighted by atomic mass is 10.3. The van der Waals surface area contributed by atoms with Gasteiger partial charge in [-0.2, -0.15) is 5.10 Å². The van der Waals surface area contributed by atoms with E-state index < -0.39 is 0 Å². The topological polar surface area (TPSA) is 58.5 Å². The van der Waals surface area contributed by atoms with E-state index >= 15 is 0 Å². The summed E-state index contributed by atoms with van der Waals surface area (Å²) in [5.74, 6) is -0.578. The molecule has 0 bridgehead atoms. The molecule has 0 aliphatic carbocycles. The molecule has 0 atom stereocenters. The fourth-order valence-electron chi connectivity index (χ4n) is 0.420. The summed E-state index contributed by atoms with van der Waals surface area (Å²) >= 11 is 0. The molecular formula is C4H4N2O2. The summed E-state index contributed by atoms with van der Waals surface area (Å²) in [5.41, 5.74) is 2.12. The summed E-state index contributed by atoms with van der Waals surface area (Å²) in [5, 5.41) is 3.27. The van der Waals surface area contributed by atoms with Gasteiger partial charge in [-0.05, 0) is 0 Å². The zero-order valence-electron chi connectivity index (χ0n) is 4.05. The number of nitrogens with one attached hydrogen (secondary N) is 1. The molecule has 0 fully saturated rings. The summed E-state index contributed by atoms with van der Waals surface area (Å²) in [6.07, 6.45) is 1.03. The largest absolute Gasteiger partial charge is 0.292 e. The van der Waals surface area contributed by atoms with Crippen molar-refractivity contribution in [2.75, 3.05) is 0 Å². The second kappa shape index (κ2) is 1.73. The van der Waals surface area contributed by atoms with E-state index in [1.54, 1.807) is 0 Å². The van der Waals surface area contributed by atoms with Gasteiger partial charge in [0, 0.05) is 0 Å². The minimum atomic E-state index is -0.336. The smallest absolute Gasteiger partial charge is 0.247 e. The summed E-state index contributed by atoms with van der Waals surface area (Å²) in [7, 11) is 0. The highest BCUT2D eigenvalue weighted by Gasteiger charge is 2.09. The number of nitrogens with zero attached hydrogens (tertiary/aromatic N) is 1. The van der Waals surface area contributed by atoms with E-state index in [1.165, 1.54) is 0 Å². The molecule has 8 heavy (non-hydrogen) atoms. The van der Waals surface area contributed by atoms with Gasteiger partial charge < -0.3 is 0 Å². The Morgan fingerprint density at radius 2 is 2.38 bits per heavy atom. The highest BCUT2D eigenvalue weighted by molar-refractivity contribution is 6.32. The molecule has 4 nitrogen and oxygen atoms in total. The SMILES string of the molecule is O=C1C=NNC(=O)C1. The van der Waals surface area contributed by atoms with E-state index in [2.05, 4.69) is 10.5 Å². The number of hydrogen-bond acceptors (Lipinski definition) is 3. The number of ketones is 1. The first-order chi connectivity index (χ1) is 3.79. The average molecular weight is 112 g/mol. The number of hydrazone groups is 1. The van der Waals surface area contributed by atoms with Gasteiger partial charge in [-0.25, -0.2) is 5.43 Å². The molecule has 4 heteroatoms. The number of rotatable bonds is 0. The van der Waals surface area contributed by atoms with Crippen molar-refractivity contribution in [3.63, 3.8) is 0 Å². The Balaban J connectivity index is 2.68. The highest BCUT2D eigenvalue weighted by atomic mass is 16.2. The second-order valence-electron chi connectivity index (χ2n) is 1.44. The summed E-state index contributed by atoms with van der Waals surface area (Å²) < 4.78 is 0. The van der Waals surface area contributed by atoms with Crippen molar-refractivity contribution in [2.24, 2.45) is 5.10 Å². The van der Waals surface area contributed by atoms with E-state index in [1.807, 2.05) is 0 Å². The fraction of sp³-hybridized carbons (Fsp3) is 0.250. The van der Waals surface area contributed by atoms with Crippen molar-refractivity contribution in [1.29, 1.82) is 0 Å². The van der Waals surface area contributed by atoms with E-state index in [0.717, 1.165) is 6.21 Å². The zero-order valence-corrected chi connectivity index (χ0v) is 4.05. The molecule has 1 amide bonds. The zero-order chi connectivity index (χ0) is 5.98. The molecule has 42 valence electrons. The Hall–Kier alpha value is -1.19. The van der Waals surface area contributed by atoms with Crippen LogP contribution in [0.5, 0.6) is 0 Å².